The Balaban J connectivity index is 1.84. The second-order valence-corrected chi connectivity index (χ2v) is 7.35. The van der Waals surface area contributed by atoms with Gasteiger partial charge in [-0.05, 0) is 85.9 Å². The molecule has 5 aromatic rings. The lowest BCUT2D eigenvalue weighted by Crippen LogP contribution is -1.92. The number of aromatic nitrogens is 1. The largest absolute Gasteiger partial charge is 0.455 e. The van der Waals surface area contributed by atoms with Gasteiger partial charge < -0.3 is 4.42 Å². The average molecular weight is 404 g/mol. The number of benzene rings is 3. The molecule has 0 fully saturated rings. The molecule has 0 aliphatic rings. The summed E-state index contributed by atoms with van der Waals surface area (Å²) >= 11 is 0. The fraction of sp³-hybridized carbons (Fsp3) is 0.179. The SMILES string of the molecule is [2H]C([2H])([2H])c1cc(C([2H])([2H])[2H])c2oc3c(-c4cc(-c5ccc(C)cc5C([2H])([2H])[2H])c(C([2H])([2H])[2H])cn4)cccc3c2c1. The minimum atomic E-state index is -2.67. The maximum absolute atomic E-state index is 8.10. The topological polar surface area (TPSA) is 26.0 Å². The summed E-state index contributed by atoms with van der Waals surface area (Å²) in [4.78, 5) is 4.40. The smallest absolute Gasteiger partial charge is 0.144 e. The van der Waals surface area contributed by atoms with Gasteiger partial charge in [0.2, 0.25) is 0 Å². The zero-order chi connectivity index (χ0) is 31.0. The molecule has 2 aromatic heterocycles. The van der Waals surface area contributed by atoms with Gasteiger partial charge in [0.15, 0.2) is 0 Å². The van der Waals surface area contributed by atoms with Crippen molar-refractivity contribution in [3.8, 4) is 22.4 Å². The Morgan fingerprint density at radius 1 is 0.700 bits per heavy atom. The van der Waals surface area contributed by atoms with E-state index >= 15 is 0 Å². The summed E-state index contributed by atoms with van der Waals surface area (Å²) in [6, 6.07) is 13.8. The number of pyridine rings is 1. The van der Waals surface area contributed by atoms with Crippen molar-refractivity contribution < 1.29 is 20.9 Å². The quantitative estimate of drug-likeness (QED) is 0.300. The van der Waals surface area contributed by atoms with Gasteiger partial charge in [-0.25, -0.2) is 0 Å². The van der Waals surface area contributed by atoms with Gasteiger partial charge in [0.25, 0.3) is 0 Å². The molecule has 148 valence electrons. The maximum Gasteiger partial charge on any atom is 0.144 e. The highest BCUT2D eigenvalue weighted by molar-refractivity contribution is 6.10. The molecule has 0 N–H and O–H groups in total. The third-order valence-electron chi connectivity index (χ3n) is 5.24. The molecule has 0 spiro atoms. The molecule has 0 aliphatic heterocycles. The molecule has 3 aromatic carbocycles. The van der Waals surface area contributed by atoms with Crippen molar-refractivity contribution in [2.24, 2.45) is 0 Å². The van der Waals surface area contributed by atoms with E-state index < -0.39 is 27.4 Å². The van der Waals surface area contributed by atoms with E-state index in [1.54, 1.807) is 37.3 Å². The lowest BCUT2D eigenvalue weighted by atomic mass is 9.94. The number of rotatable bonds is 2. The predicted octanol–water partition coefficient (Wildman–Crippen LogP) is 7.86. The highest BCUT2D eigenvalue weighted by Crippen LogP contribution is 2.38. The van der Waals surface area contributed by atoms with Crippen molar-refractivity contribution in [1.29, 1.82) is 0 Å². The summed E-state index contributed by atoms with van der Waals surface area (Å²) in [5, 5.41) is 0.745. The normalized spacial score (nSPS) is 19.1. The number of hydrogen-bond acceptors (Lipinski definition) is 2. The average Bonchev–Trinajstić information content (AvgIpc) is 3.24. The van der Waals surface area contributed by atoms with Gasteiger partial charge in [-0.3, -0.25) is 4.98 Å². The molecule has 30 heavy (non-hydrogen) atoms. The Hall–Kier alpha value is -3.39. The molecule has 2 heterocycles. The molecule has 0 saturated carbocycles. The molecule has 0 atom stereocenters. The summed E-state index contributed by atoms with van der Waals surface area (Å²) in [5.41, 5.74) is 1.41. The van der Waals surface area contributed by atoms with Gasteiger partial charge >= 0.3 is 0 Å². The summed E-state index contributed by atoms with van der Waals surface area (Å²) in [7, 11) is 0. The van der Waals surface area contributed by atoms with Crippen LogP contribution >= 0.6 is 0 Å². The molecule has 5 rings (SSSR count). The van der Waals surface area contributed by atoms with Gasteiger partial charge in [-0.2, -0.15) is 0 Å². The van der Waals surface area contributed by atoms with Gasteiger partial charge in [0, 0.05) is 39.0 Å². The Kier molecular flexibility index (Phi) is 2.19. The Labute approximate surface area is 194 Å². The molecule has 0 aliphatic carbocycles. The van der Waals surface area contributed by atoms with Crippen LogP contribution in [0.25, 0.3) is 44.3 Å². The fourth-order valence-corrected chi connectivity index (χ4v) is 3.82. The minimum Gasteiger partial charge on any atom is -0.455 e. The molecular weight excluding hydrogens is 366 g/mol. The van der Waals surface area contributed by atoms with E-state index in [9.17, 15) is 0 Å². The van der Waals surface area contributed by atoms with Crippen LogP contribution in [-0.2, 0) is 0 Å². The Bertz CT molecular complexity index is 1840. The van der Waals surface area contributed by atoms with Crippen molar-refractivity contribution in [3.05, 3.63) is 88.6 Å². The third-order valence-corrected chi connectivity index (χ3v) is 5.24. The summed E-state index contributed by atoms with van der Waals surface area (Å²) in [6.45, 7) is -8.62. The number of nitrogens with zero attached hydrogens (tertiary/aromatic N) is 1. The zero-order valence-corrected chi connectivity index (χ0v) is 16.1. The van der Waals surface area contributed by atoms with Crippen LogP contribution in [0.3, 0.4) is 0 Å². The first-order valence-corrected chi connectivity index (χ1v) is 9.39. The standard InChI is InChI=1S/C28H25NO/c1-16-9-10-21(18(3)11-16)24-14-26(29-15-20(24)5)23-8-6-7-22-25-13-17(2)12-19(4)27(25)30-28(22)23/h6-15H,1-5H3/i2D3,3D3,4D3,5D3. The third kappa shape index (κ3) is 2.91. The van der Waals surface area contributed by atoms with E-state index in [1.807, 2.05) is 0 Å². The van der Waals surface area contributed by atoms with E-state index in [0.717, 1.165) is 6.07 Å². The molecule has 0 amide bonds. The lowest BCUT2D eigenvalue weighted by molar-refractivity contribution is 0.666. The van der Waals surface area contributed by atoms with Crippen LogP contribution in [0, 0.1) is 34.3 Å². The highest BCUT2D eigenvalue weighted by Gasteiger charge is 2.16. The Morgan fingerprint density at radius 3 is 2.40 bits per heavy atom. The number of para-hydroxylation sites is 1. The number of aryl methyl sites for hydroxylation is 5. The molecule has 0 radical (unpaired) electrons. The van der Waals surface area contributed by atoms with E-state index in [0.29, 0.717) is 21.9 Å². The van der Waals surface area contributed by atoms with E-state index in [4.69, 9.17) is 20.9 Å². The predicted molar refractivity (Wildman–Crippen MR) is 126 cm³/mol. The summed E-state index contributed by atoms with van der Waals surface area (Å²) in [6.07, 6.45) is 1.18. The zero-order valence-electron chi connectivity index (χ0n) is 28.1. The summed E-state index contributed by atoms with van der Waals surface area (Å²) in [5.74, 6) is 0. The second kappa shape index (κ2) is 6.84. The number of hydrogen-bond donors (Lipinski definition) is 0. The van der Waals surface area contributed by atoms with Crippen molar-refractivity contribution in [2.45, 2.75) is 34.3 Å². The van der Waals surface area contributed by atoms with Crippen LogP contribution in [0.1, 0.15) is 44.3 Å². The minimum absolute atomic E-state index is 0.00741. The summed E-state index contributed by atoms with van der Waals surface area (Å²) < 4.78 is 102. The molecule has 0 bridgehead atoms. The molecule has 0 saturated heterocycles. The van der Waals surface area contributed by atoms with Crippen molar-refractivity contribution in [2.75, 3.05) is 0 Å². The maximum atomic E-state index is 8.10. The van der Waals surface area contributed by atoms with Crippen LogP contribution in [0.15, 0.2) is 65.2 Å². The van der Waals surface area contributed by atoms with Crippen molar-refractivity contribution in [1.82, 2.24) is 4.98 Å². The monoisotopic (exact) mass is 403 g/mol. The van der Waals surface area contributed by atoms with Gasteiger partial charge in [-0.15, -0.1) is 0 Å². The number of fused-ring (bicyclic) bond motifs is 3. The first-order chi connectivity index (χ1) is 19.3. The van der Waals surface area contributed by atoms with Crippen LogP contribution in [-0.4, -0.2) is 4.98 Å². The highest BCUT2D eigenvalue weighted by atomic mass is 16.3. The first kappa shape index (κ1) is 9.61. The van der Waals surface area contributed by atoms with E-state index in [2.05, 4.69) is 4.98 Å². The second-order valence-electron chi connectivity index (χ2n) is 7.35. The fourth-order valence-electron chi connectivity index (χ4n) is 3.82. The van der Waals surface area contributed by atoms with Crippen LogP contribution < -0.4 is 0 Å². The van der Waals surface area contributed by atoms with Crippen LogP contribution in [0.2, 0.25) is 0 Å². The first-order valence-electron chi connectivity index (χ1n) is 15.4. The van der Waals surface area contributed by atoms with Gasteiger partial charge in [0.05, 0.1) is 5.69 Å². The van der Waals surface area contributed by atoms with E-state index in [-0.39, 0.29) is 50.2 Å². The number of furan rings is 1. The van der Waals surface area contributed by atoms with Gasteiger partial charge in [0.1, 0.15) is 11.2 Å². The molecular formula is C28H25NO. The molecule has 0 unspecified atom stereocenters. The van der Waals surface area contributed by atoms with Gasteiger partial charge in [-0.1, -0.05) is 42.0 Å². The molecule has 2 heteroatoms. The lowest BCUT2D eigenvalue weighted by Gasteiger charge is -2.12. The van der Waals surface area contributed by atoms with Crippen LogP contribution in [0.5, 0.6) is 0 Å². The Morgan fingerprint density at radius 2 is 1.57 bits per heavy atom. The van der Waals surface area contributed by atoms with Crippen molar-refractivity contribution in [3.63, 3.8) is 0 Å². The van der Waals surface area contributed by atoms with Crippen molar-refractivity contribution >= 4 is 21.9 Å². The van der Waals surface area contributed by atoms with E-state index in [1.165, 1.54) is 24.4 Å². The van der Waals surface area contributed by atoms with Crippen LogP contribution in [0.4, 0.5) is 0 Å². The molecule has 2 nitrogen and oxygen atoms in total.